The molecule has 10 heteroatoms. The highest BCUT2D eigenvalue weighted by Gasteiger charge is 2.75. The quantitative estimate of drug-likeness (QED) is 0.573. The van der Waals surface area contributed by atoms with Gasteiger partial charge in [-0.3, -0.25) is 4.79 Å². The van der Waals surface area contributed by atoms with Crippen LogP contribution in [0.25, 0.3) is 0 Å². The fourth-order valence-corrected chi connectivity index (χ4v) is 6.03. The number of rotatable bonds is 3. The van der Waals surface area contributed by atoms with E-state index < -0.39 is 35.0 Å². The second-order valence-electron chi connectivity index (χ2n) is 8.78. The molecule has 1 saturated heterocycles. The number of carbonyl (C=O) groups excluding carboxylic acids is 1. The first-order valence-corrected chi connectivity index (χ1v) is 9.88. The number of ketones is 1. The molecule has 0 unspecified atom stereocenters. The second-order valence-corrected chi connectivity index (χ2v) is 8.78. The molecule has 2 heterocycles. The van der Waals surface area contributed by atoms with E-state index in [1.165, 1.54) is 13.2 Å². The van der Waals surface area contributed by atoms with E-state index in [0.29, 0.717) is 24.9 Å². The van der Waals surface area contributed by atoms with Gasteiger partial charge in [-0.2, -0.15) is 22.0 Å². The standard InChI is InChI=1S/C21H20F5NO4/c1-27-8-7-18-11-5-6-19(29,16(28)20(22,23)21(24,25)26)17(18)31-15-13(30-2)4-3-10(14(15)18)9-12(11)27/h3-6,11-12,17,29H,7-9H2,1-2H3/t11-,12+,17+,18+,19-/m0/s1. The Balaban J connectivity index is 1.74. The van der Waals surface area contributed by atoms with Crippen LogP contribution in [-0.4, -0.2) is 66.3 Å². The Morgan fingerprint density at radius 1 is 1.29 bits per heavy atom. The number of nitrogens with zero attached hydrogens (tertiary/aromatic N) is 1. The lowest BCUT2D eigenvalue weighted by Gasteiger charge is -2.58. The number of hydrogen-bond acceptors (Lipinski definition) is 5. The summed E-state index contributed by atoms with van der Waals surface area (Å²) in [5, 5.41) is 11.2. The van der Waals surface area contributed by atoms with Gasteiger partial charge in [0.2, 0.25) is 0 Å². The molecule has 2 aliphatic carbocycles. The highest BCUT2D eigenvalue weighted by atomic mass is 19.4. The molecule has 0 amide bonds. The summed E-state index contributed by atoms with van der Waals surface area (Å²) in [6.07, 6.45) is -4.64. The Morgan fingerprint density at radius 2 is 2.00 bits per heavy atom. The van der Waals surface area contributed by atoms with Gasteiger partial charge in [0, 0.05) is 22.9 Å². The number of piperidine rings is 1. The van der Waals surface area contributed by atoms with Gasteiger partial charge < -0.3 is 19.5 Å². The first-order chi connectivity index (χ1) is 14.4. The molecule has 4 aliphatic rings. The van der Waals surface area contributed by atoms with Gasteiger partial charge in [0.15, 0.2) is 17.1 Å². The minimum absolute atomic E-state index is 0.0780. The molecule has 1 aromatic rings. The molecule has 1 N–H and O–H groups in total. The molecule has 0 aromatic heterocycles. The van der Waals surface area contributed by atoms with E-state index in [-0.39, 0.29) is 23.5 Å². The molecule has 5 nitrogen and oxygen atoms in total. The average molecular weight is 445 g/mol. The van der Waals surface area contributed by atoms with Crippen LogP contribution in [0.4, 0.5) is 22.0 Å². The van der Waals surface area contributed by atoms with Crippen LogP contribution in [0.5, 0.6) is 11.5 Å². The number of benzene rings is 1. The molecule has 5 atom stereocenters. The maximum Gasteiger partial charge on any atom is 0.461 e. The number of aliphatic hydroxyl groups is 1. The third kappa shape index (κ3) is 2.29. The van der Waals surface area contributed by atoms with Crippen LogP contribution in [0.3, 0.4) is 0 Å². The summed E-state index contributed by atoms with van der Waals surface area (Å²) in [6.45, 7) is 0.505. The van der Waals surface area contributed by atoms with Crippen LogP contribution < -0.4 is 9.47 Å². The van der Waals surface area contributed by atoms with Gasteiger partial charge in [0.1, 0.15) is 6.10 Å². The van der Waals surface area contributed by atoms with E-state index in [9.17, 15) is 31.9 Å². The summed E-state index contributed by atoms with van der Waals surface area (Å²) in [4.78, 5) is 14.7. The third-order valence-corrected chi connectivity index (χ3v) is 7.44. The van der Waals surface area contributed by atoms with Crippen molar-refractivity contribution in [3.8, 4) is 11.5 Å². The summed E-state index contributed by atoms with van der Waals surface area (Å²) in [5.74, 6) is -8.22. The lowest BCUT2D eigenvalue weighted by atomic mass is 9.51. The van der Waals surface area contributed by atoms with Crippen molar-refractivity contribution >= 4 is 5.78 Å². The van der Waals surface area contributed by atoms with Gasteiger partial charge in [-0.15, -0.1) is 0 Å². The van der Waals surface area contributed by atoms with Crippen molar-refractivity contribution in [2.75, 3.05) is 20.7 Å². The van der Waals surface area contributed by atoms with Gasteiger partial charge in [-0.05, 0) is 44.1 Å². The van der Waals surface area contributed by atoms with Crippen molar-refractivity contribution in [1.82, 2.24) is 4.90 Å². The molecule has 168 valence electrons. The van der Waals surface area contributed by atoms with Gasteiger partial charge in [-0.25, -0.2) is 0 Å². The monoisotopic (exact) mass is 445 g/mol. The van der Waals surface area contributed by atoms with Crippen molar-refractivity contribution in [2.24, 2.45) is 5.92 Å². The number of likely N-dealkylation sites (tertiary alicyclic amines) is 1. The van der Waals surface area contributed by atoms with Gasteiger partial charge in [0.05, 0.1) is 7.11 Å². The molecule has 5 rings (SSSR count). The van der Waals surface area contributed by atoms with Crippen molar-refractivity contribution in [3.63, 3.8) is 0 Å². The summed E-state index contributed by atoms with van der Waals surface area (Å²) >= 11 is 0. The lowest BCUT2D eigenvalue weighted by molar-refractivity contribution is -0.276. The van der Waals surface area contributed by atoms with Crippen LogP contribution in [0.15, 0.2) is 24.3 Å². The Kier molecular flexibility index (Phi) is 3.99. The molecule has 2 bridgehead atoms. The Hall–Kier alpha value is -2.20. The normalized spacial score (nSPS) is 36.1. The topological polar surface area (TPSA) is 59.0 Å². The SMILES string of the molecule is COc1ccc2c3c1O[C@@H]1[C@@]34CCN(C)[C@H](C2)[C@@H]4C=C[C@]1(O)C(=O)C(F)(F)C(F)(F)F. The summed E-state index contributed by atoms with van der Waals surface area (Å²) in [7, 11) is 3.29. The summed E-state index contributed by atoms with van der Waals surface area (Å²) < 4.78 is 78.5. The predicted molar refractivity (Wildman–Crippen MR) is 97.4 cm³/mol. The van der Waals surface area contributed by atoms with E-state index in [1.807, 2.05) is 13.1 Å². The number of hydrogen-bond donors (Lipinski definition) is 1. The average Bonchev–Trinajstić information content (AvgIpc) is 3.06. The first-order valence-electron chi connectivity index (χ1n) is 9.88. The zero-order chi connectivity index (χ0) is 22.6. The highest BCUT2D eigenvalue weighted by molar-refractivity contribution is 5.97. The van der Waals surface area contributed by atoms with Crippen LogP contribution in [0.2, 0.25) is 0 Å². The van der Waals surface area contributed by atoms with Crippen molar-refractivity contribution in [3.05, 3.63) is 35.4 Å². The Labute approximate surface area is 174 Å². The number of alkyl halides is 5. The number of Topliss-reactive ketones (excluding diaryl/α,β-unsaturated/α-hetero) is 1. The molecule has 0 saturated carbocycles. The molecule has 31 heavy (non-hydrogen) atoms. The molecule has 1 fully saturated rings. The molecular formula is C21H20F5NO4. The van der Waals surface area contributed by atoms with E-state index in [2.05, 4.69) is 4.90 Å². The van der Waals surface area contributed by atoms with Crippen LogP contribution in [0, 0.1) is 5.92 Å². The van der Waals surface area contributed by atoms with Crippen LogP contribution in [-0.2, 0) is 16.6 Å². The van der Waals surface area contributed by atoms with Gasteiger partial charge >= 0.3 is 12.1 Å². The maximum absolute atomic E-state index is 14.1. The zero-order valence-electron chi connectivity index (χ0n) is 16.7. The number of ether oxygens (including phenoxy) is 2. The van der Waals surface area contributed by atoms with Gasteiger partial charge in [-0.1, -0.05) is 12.1 Å². The minimum Gasteiger partial charge on any atom is -0.493 e. The number of carbonyl (C=O) groups is 1. The predicted octanol–water partition coefficient (Wildman–Crippen LogP) is 2.64. The number of halogens is 5. The van der Waals surface area contributed by atoms with E-state index >= 15 is 0 Å². The van der Waals surface area contributed by atoms with E-state index in [4.69, 9.17) is 9.47 Å². The smallest absolute Gasteiger partial charge is 0.461 e. The molecule has 1 spiro atoms. The summed E-state index contributed by atoms with van der Waals surface area (Å²) in [5.41, 5.74) is -2.79. The zero-order valence-corrected chi connectivity index (χ0v) is 16.7. The largest absolute Gasteiger partial charge is 0.493 e. The molecular weight excluding hydrogens is 425 g/mol. The highest BCUT2D eigenvalue weighted by Crippen LogP contribution is 2.64. The van der Waals surface area contributed by atoms with Gasteiger partial charge in [0.25, 0.3) is 5.78 Å². The number of methoxy groups -OCH3 is 1. The fourth-order valence-electron chi connectivity index (χ4n) is 6.03. The van der Waals surface area contributed by atoms with Crippen molar-refractivity contribution < 1.29 is 41.3 Å². The molecule has 0 radical (unpaired) electrons. The third-order valence-electron chi connectivity index (χ3n) is 7.44. The lowest BCUT2D eigenvalue weighted by Crippen LogP contribution is -2.71. The number of likely N-dealkylation sites (N-methyl/N-ethyl adjacent to an activating group) is 1. The Bertz CT molecular complexity index is 1010. The Morgan fingerprint density at radius 3 is 2.65 bits per heavy atom. The van der Waals surface area contributed by atoms with E-state index in [1.54, 1.807) is 6.07 Å². The molecule has 2 aliphatic heterocycles. The van der Waals surface area contributed by atoms with Crippen LogP contribution in [0.1, 0.15) is 17.5 Å². The minimum atomic E-state index is -6.14. The van der Waals surface area contributed by atoms with Crippen molar-refractivity contribution in [2.45, 2.75) is 48.1 Å². The van der Waals surface area contributed by atoms with Crippen molar-refractivity contribution in [1.29, 1.82) is 0 Å². The fraction of sp³-hybridized carbons (Fsp3) is 0.571. The maximum atomic E-state index is 14.1. The second kappa shape index (κ2) is 5.98. The molecule has 1 aromatic carbocycles. The van der Waals surface area contributed by atoms with E-state index in [0.717, 1.165) is 11.6 Å². The van der Waals surface area contributed by atoms with Crippen LogP contribution >= 0.6 is 0 Å². The first kappa shape index (κ1) is 20.7. The summed E-state index contributed by atoms with van der Waals surface area (Å²) in [6, 6.07) is 3.37.